The molecule has 0 fully saturated rings. The van der Waals surface area contributed by atoms with Crippen LogP contribution in [-0.4, -0.2) is 54.1 Å². The highest BCUT2D eigenvalue weighted by atomic mass is 32.2. The quantitative estimate of drug-likeness (QED) is 0.464. The number of carbonyl (C=O) groups excluding carboxylic acids is 2. The zero-order chi connectivity index (χ0) is 24.9. The Balaban J connectivity index is 1.84. The van der Waals surface area contributed by atoms with Crippen molar-refractivity contribution in [1.29, 1.82) is 0 Å². The van der Waals surface area contributed by atoms with Gasteiger partial charge in [-0.25, -0.2) is 17.9 Å². The Hall–Kier alpha value is -3.50. The van der Waals surface area contributed by atoms with Crippen molar-refractivity contribution >= 4 is 27.6 Å². The number of anilines is 1. The molecular weight excluding hydrogens is 456 g/mol. The zero-order valence-electron chi connectivity index (χ0n) is 19.6. The molecule has 1 amide bonds. The first-order chi connectivity index (χ1) is 16.2. The Bertz CT molecular complexity index is 1300. The van der Waals surface area contributed by atoms with Gasteiger partial charge >= 0.3 is 5.97 Å². The number of nitrogens with one attached hydrogen (secondary N) is 1. The van der Waals surface area contributed by atoms with Gasteiger partial charge in [-0.1, -0.05) is 26.0 Å². The molecule has 0 aliphatic carbocycles. The van der Waals surface area contributed by atoms with E-state index in [1.54, 1.807) is 68.8 Å². The van der Waals surface area contributed by atoms with E-state index in [-0.39, 0.29) is 17.1 Å². The molecule has 1 heterocycles. The van der Waals surface area contributed by atoms with Crippen molar-refractivity contribution in [1.82, 2.24) is 14.1 Å². The van der Waals surface area contributed by atoms with Crippen LogP contribution in [-0.2, 0) is 14.8 Å². The lowest BCUT2D eigenvalue weighted by atomic mass is 10.2. The first-order valence-corrected chi connectivity index (χ1v) is 12.4. The Morgan fingerprint density at radius 2 is 1.76 bits per heavy atom. The molecule has 0 radical (unpaired) electrons. The number of hydrogen-bond acceptors (Lipinski definition) is 6. The van der Waals surface area contributed by atoms with Crippen LogP contribution in [0, 0.1) is 6.92 Å². The second-order valence-corrected chi connectivity index (χ2v) is 9.34. The maximum Gasteiger partial charge on any atom is 0.341 e. The molecule has 0 aliphatic rings. The van der Waals surface area contributed by atoms with Gasteiger partial charge < -0.3 is 10.1 Å². The Kier molecular flexibility index (Phi) is 7.85. The van der Waals surface area contributed by atoms with Gasteiger partial charge in [-0.3, -0.25) is 4.79 Å². The van der Waals surface area contributed by atoms with Crippen molar-refractivity contribution in [2.45, 2.75) is 32.6 Å². The van der Waals surface area contributed by atoms with E-state index in [9.17, 15) is 18.0 Å². The van der Waals surface area contributed by atoms with Crippen LogP contribution >= 0.6 is 0 Å². The fraction of sp³-hybridized carbons (Fsp3) is 0.292. The molecule has 0 atom stereocenters. The van der Waals surface area contributed by atoms with E-state index in [0.29, 0.717) is 35.7 Å². The smallest absolute Gasteiger partial charge is 0.341 e. The zero-order valence-corrected chi connectivity index (χ0v) is 20.4. The van der Waals surface area contributed by atoms with Crippen LogP contribution < -0.4 is 5.32 Å². The number of benzene rings is 2. The van der Waals surface area contributed by atoms with Crippen molar-refractivity contribution in [3.8, 4) is 5.69 Å². The van der Waals surface area contributed by atoms with Crippen LogP contribution in [0.2, 0.25) is 0 Å². The summed E-state index contributed by atoms with van der Waals surface area (Å²) in [5, 5.41) is 7.06. The van der Waals surface area contributed by atoms with Crippen LogP contribution in [0.3, 0.4) is 0 Å². The lowest BCUT2D eigenvalue weighted by Crippen LogP contribution is -2.30. The molecular formula is C24H28N4O5S. The molecule has 0 unspecified atom stereocenters. The molecule has 0 saturated carbocycles. The largest absolute Gasteiger partial charge is 0.462 e. The first kappa shape index (κ1) is 25.1. The molecule has 180 valence electrons. The number of carbonyl (C=O) groups is 2. The van der Waals surface area contributed by atoms with E-state index in [0.717, 1.165) is 0 Å². The molecule has 34 heavy (non-hydrogen) atoms. The number of nitrogens with zero attached hydrogens (tertiary/aromatic N) is 3. The predicted octanol–water partition coefficient (Wildman–Crippen LogP) is 3.64. The fourth-order valence-corrected chi connectivity index (χ4v) is 5.01. The number of hydrogen-bond donors (Lipinski definition) is 1. The minimum absolute atomic E-state index is 0.0660. The molecule has 2 aromatic carbocycles. The summed E-state index contributed by atoms with van der Waals surface area (Å²) in [5.41, 5.74) is 2.33. The van der Waals surface area contributed by atoms with Crippen LogP contribution in [0.4, 0.5) is 5.69 Å². The van der Waals surface area contributed by atoms with Gasteiger partial charge in [0.25, 0.3) is 5.91 Å². The van der Waals surface area contributed by atoms with E-state index in [4.69, 9.17) is 4.74 Å². The highest BCUT2D eigenvalue weighted by molar-refractivity contribution is 7.89. The third-order valence-corrected chi connectivity index (χ3v) is 7.34. The molecule has 9 nitrogen and oxygen atoms in total. The number of amides is 1. The summed E-state index contributed by atoms with van der Waals surface area (Å²) in [5.74, 6) is -0.895. The topological polar surface area (TPSA) is 111 Å². The van der Waals surface area contributed by atoms with Gasteiger partial charge in [-0.2, -0.15) is 9.40 Å². The molecule has 0 saturated heterocycles. The standard InChI is InChI=1S/C24H28N4O5S/c1-5-27(6-2)34(31,32)21-13-8-10-18(14-21)23(29)26-19-11-9-12-20(15-19)28-17(4)22(16-25-28)24(30)33-7-3/h8-16H,5-7H2,1-4H3,(H,26,29). The number of rotatable bonds is 9. The second kappa shape index (κ2) is 10.6. The van der Waals surface area contributed by atoms with E-state index < -0.39 is 21.9 Å². The molecule has 10 heteroatoms. The van der Waals surface area contributed by atoms with Gasteiger partial charge in [-0.05, 0) is 50.2 Å². The van der Waals surface area contributed by atoms with Crippen LogP contribution in [0.25, 0.3) is 5.69 Å². The molecule has 1 aromatic heterocycles. The maximum absolute atomic E-state index is 12.9. The number of aromatic nitrogens is 2. The van der Waals surface area contributed by atoms with Gasteiger partial charge in [0.15, 0.2) is 0 Å². The van der Waals surface area contributed by atoms with E-state index in [2.05, 4.69) is 10.4 Å². The summed E-state index contributed by atoms with van der Waals surface area (Å²) in [6.07, 6.45) is 1.44. The van der Waals surface area contributed by atoms with Gasteiger partial charge in [0, 0.05) is 24.3 Å². The average molecular weight is 485 g/mol. The summed E-state index contributed by atoms with van der Waals surface area (Å²) in [6, 6.07) is 12.9. The van der Waals surface area contributed by atoms with Crippen LogP contribution in [0.5, 0.6) is 0 Å². The Labute approximate surface area is 199 Å². The number of sulfonamides is 1. The normalized spacial score (nSPS) is 11.4. The summed E-state index contributed by atoms with van der Waals surface area (Å²) in [6.45, 7) is 7.97. The average Bonchev–Trinajstić information content (AvgIpc) is 3.21. The van der Waals surface area contributed by atoms with Crippen molar-refractivity contribution in [3.05, 3.63) is 71.5 Å². The minimum atomic E-state index is -3.68. The summed E-state index contributed by atoms with van der Waals surface area (Å²) < 4.78 is 33.6. The lowest BCUT2D eigenvalue weighted by molar-refractivity contribution is 0.0525. The monoisotopic (exact) mass is 484 g/mol. The first-order valence-electron chi connectivity index (χ1n) is 11.0. The second-order valence-electron chi connectivity index (χ2n) is 7.40. The Morgan fingerprint density at radius 1 is 1.06 bits per heavy atom. The Morgan fingerprint density at radius 3 is 2.44 bits per heavy atom. The number of ether oxygens (including phenoxy) is 1. The summed E-state index contributed by atoms with van der Waals surface area (Å²) in [4.78, 5) is 25.0. The van der Waals surface area contributed by atoms with Crippen LogP contribution in [0.1, 0.15) is 47.2 Å². The highest BCUT2D eigenvalue weighted by Crippen LogP contribution is 2.21. The van der Waals surface area contributed by atoms with E-state index >= 15 is 0 Å². The molecule has 3 rings (SSSR count). The van der Waals surface area contributed by atoms with Crippen molar-refractivity contribution < 1.29 is 22.7 Å². The highest BCUT2D eigenvalue weighted by Gasteiger charge is 2.22. The summed E-state index contributed by atoms with van der Waals surface area (Å²) >= 11 is 0. The number of esters is 1. The third-order valence-electron chi connectivity index (χ3n) is 5.29. The third kappa shape index (κ3) is 5.18. The lowest BCUT2D eigenvalue weighted by Gasteiger charge is -2.18. The van der Waals surface area contributed by atoms with Gasteiger partial charge in [-0.15, -0.1) is 0 Å². The maximum atomic E-state index is 12.9. The SMILES string of the molecule is CCOC(=O)c1cnn(-c2cccc(NC(=O)c3cccc(S(=O)(=O)N(CC)CC)c3)c2)c1C. The molecule has 0 spiro atoms. The van der Waals surface area contributed by atoms with Crippen LogP contribution in [0.15, 0.2) is 59.6 Å². The predicted molar refractivity (Wildman–Crippen MR) is 129 cm³/mol. The fourth-order valence-electron chi connectivity index (χ4n) is 3.51. The van der Waals surface area contributed by atoms with E-state index in [1.807, 2.05) is 0 Å². The van der Waals surface area contributed by atoms with Gasteiger partial charge in [0.2, 0.25) is 10.0 Å². The minimum Gasteiger partial charge on any atom is -0.462 e. The molecule has 1 N–H and O–H groups in total. The van der Waals surface area contributed by atoms with Crippen molar-refractivity contribution in [3.63, 3.8) is 0 Å². The molecule has 0 aliphatic heterocycles. The molecule has 0 bridgehead atoms. The van der Waals surface area contributed by atoms with Crippen molar-refractivity contribution in [2.24, 2.45) is 0 Å². The summed E-state index contributed by atoms with van der Waals surface area (Å²) in [7, 11) is -3.68. The van der Waals surface area contributed by atoms with Gasteiger partial charge in [0.05, 0.1) is 29.1 Å². The van der Waals surface area contributed by atoms with Crippen molar-refractivity contribution in [2.75, 3.05) is 25.0 Å². The molecule has 3 aromatic rings. The van der Waals surface area contributed by atoms with Gasteiger partial charge in [0.1, 0.15) is 5.56 Å². The van der Waals surface area contributed by atoms with E-state index in [1.165, 1.54) is 22.6 Å².